The van der Waals surface area contributed by atoms with Crippen molar-refractivity contribution < 1.29 is 9.53 Å². The predicted molar refractivity (Wildman–Crippen MR) is 131 cm³/mol. The van der Waals surface area contributed by atoms with E-state index in [4.69, 9.17) is 10.5 Å². The maximum Gasteiger partial charge on any atom is 0.320 e. The quantitative estimate of drug-likeness (QED) is 0.500. The second kappa shape index (κ2) is 10.4. The lowest BCUT2D eigenvalue weighted by molar-refractivity contribution is -0.105. The lowest BCUT2D eigenvalue weighted by atomic mass is 10.1. The summed E-state index contributed by atoms with van der Waals surface area (Å²) in [6.07, 6.45) is 6.82. The van der Waals surface area contributed by atoms with Gasteiger partial charge < -0.3 is 20.7 Å². The van der Waals surface area contributed by atoms with Crippen LogP contribution in [0.5, 0.6) is 6.01 Å². The summed E-state index contributed by atoms with van der Waals surface area (Å²) in [6.45, 7) is 9.48. The van der Waals surface area contributed by atoms with Crippen LogP contribution in [0.3, 0.4) is 0 Å². The highest BCUT2D eigenvalue weighted by molar-refractivity contribution is 5.86. The van der Waals surface area contributed by atoms with E-state index in [1.807, 2.05) is 0 Å². The van der Waals surface area contributed by atoms with Crippen LogP contribution in [0.1, 0.15) is 57.1 Å². The molecular formula is C25H36N6O2. The Hall–Kier alpha value is -2.87. The second-order valence-corrected chi connectivity index (χ2v) is 9.62. The van der Waals surface area contributed by atoms with Crippen LogP contribution >= 0.6 is 0 Å². The van der Waals surface area contributed by atoms with E-state index in [0.717, 1.165) is 19.4 Å². The molecule has 178 valence electrons. The van der Waals surface area contributed by atoms with Crippen molar-refractivity contribution in [3.8, 4) is 6.01 Å². The Morgan fingerprint density at radius 3 is 2.67 bits per heavy atom. The SMILES string of the molecule is CCN(Cc1cccc(CN2CCCCC2)c1)c1nc(OCC2(C)CC2)nc(N)c1NC=O. The molecule has 1 amide bonds. The fourth-order valence-electron chi connectivity index (χ4n) is 4.29. The first-order valence-electron chi connectivity index (χ1n) is 12.1. The number of aromatic nitrogens is 2. The number of carbonyl (C=O) groups is 1. The molecule has 1 aromatic carbocycles. The van der Waals surface area contributed by atoms with E-state index in [0.29, 0.717) is 37.6 Å². The fraction of sp³-hybridized carbons (Fsp3) is 0.560. The largest absolute Gasteiger partial charge is 0.463 e. The Morgan fingerprint density at radius 1 is 1.21 bits per heavy atom. The Morgan fingerprint density at radius 2 is 1.97 bits per heavy atom. The first kappa shape index (κ1) is 23.3. The molecule has 1 aliphatic carbocycles. The summed E-state index contributed by atoms with van der Waals surface area (Å²) in [4.78, 5) is 24.8. The standard InChI is InChI=1S/C25H36N6O2/c1-3-31(16-20-9-7-8-19(14-20)15-30-12-5-4-6-13-30)23-21(27-18-32)22(26)28-24(29-23)33-17-25(2)10-11-25/h7-9,14,18H,3-6,10-13,15-17H2,1-2H3,(H,27,32)(H2,26,28,29). The number of hydrogen-bond acceptors (Lipinski definition) is 7. The minimum absolute atomic E-state index is 0.206. The Kier molecular flexibility index (Phi) is 7.33. The summed E-state index contributed by atoms with van der Waals surface area (Å²) >= 11 is 0. The van der Waals surface area contributed by atoms with Crippen LogP contribution in [-0.4, -0.2) is 47.5 Å². The van der Waals surface area contributed by atoms with Crippen molar-refractivity contribution in [2.75, 3.05) is 42.2 Å². The van der Waals surface area contributed by atoms with Gasteiger partial charge in [0.25, 0.3) is 0 Å². The molecular weight excluding hydrogens is 416 g/mol. The van der Waals surface area contributed by atoms with Crippen molar-refractivity contribution in [2.24, 2.45) is 5.41 Å². The molecule has 33 heavy (non-hydrogen) atoms. The third kappa shape index (κ3) is 6.13. The summed E-state index contributed by atoms with van der Waals surface area (Å²) in [6, 6.07) is 8.96. The van der Waals surface area contributed by atoms with Gasteiger partial charge in [-0.15, -0.1) is 0 Å². The predicted octanol–water partition coefficient (Wildman–Crippen LogP) is 3.82. The van der Waals surface area contributed by atoms with Crippen LogP contribution in [-0.2, 0) is 17.9 Å². The van der Waals surface area contributed by atoms with Crippen LogP contribution in [0.15, 0.2) is 24.3 Å². The van der Waals surface area contributed by atoms with E-state index in [1.54, 1.807) is 0 Å². The molecule has 2 aliphatic rings. The number of likely N-dealkylation sites (tertiary alicyclic amines) is 1. The zero-order valence-corrected chi connectivity index (χ0v) is 19.8. The third-order valence-corrected chi connectivity index (χ3v) is 6.65. The summed E-state index contributed by atoms with van der Waals surface area (Å²) in [5.74, 6) is 0.787. The van der Waals surface area contributed by atoms with Crippen LogP contribution in [0.2, 0.25) is 0 Å². The number of benzene rings is 1. The zero-order valence-electron chi connectivity index (χ0n) is 19.8. The number of amides is 1. The Balaban J connectivity index is 1.53. The van der Waals surface area contributed by atoms with Crippen molar-refractivity contribution in [1.82, 2.24) is 14.9 Å². The highest BCUT2D eigenvalue weighted by atomic mass is 16.5. The van der Waals surface area contributed by atoms with Crippen LogP contribution in [0.4, 0.5) is 17.3 Å². The topological polar surface area (TPSA) is 96.6 Å². The number of ether oxygens (including phenoxy) is 1. The van der Waals surface area contributed by atoms with Gasteiger partial charge in [-0.05, 0) is 56.8 Å². The monoisotopic (exact) mass is 452 g/mol. The number of nitrogen functional groups attached to an aromatic ring is 1. The van der Waals surface area contributed by atoms with Gasteiger partial charge in [-0.25, -0.2) is 0 Å². The number of hydrogen-bond donors (Lipinski definition) is 2. The molecule has 1 saturated heterocycles. The molecule has 8 nitrogen and oxygen atoms in total. The lowest BCUT2D eigenvalue weighted by Crippen LogP contribution is -2.29. The molecule has 0 spiro atoms. The van der Waals surface area contributed by atoms with Gasteiger partial charge in [0, 0.05) is 25.0 Å². The number of piperidine rings is 1. The van der Waals surface area contributed by atoms with Gasteiger partial charge in [0.05, 0.1) is 6.61 Å². The summed E-state index contributed by atoms with van der Waals surface area (Å²) in [5, 5.41) is 2.69. The number of nitrogens with two attached hydrogens (primary N) is 1. The molecule has 2 aromatic rings. The van der Waals surface area contributed by atoms with Crippen molar-refractivity contribution in [3.05, 3.63) is 35.4 Å². The van der Waals surface area contributed by atoms with Crippen molar-refractivity contribution in [3.63, 3.8) is 0 Å². The molecule has 1 saturated carbocycles. The maximum atomic E-state index is 11.3. The molecule has 0 radical (unpaired) electrons. The Labute approximate surface area is 196 Å². The number of rotatable bonds is 11. The highest BCUT2D eigenvalue weighted by Crippen LogP contribution is 2.45. The first-order chi connectivity index (χ1) is 16.0. The van der Waals surface area contributed by atoms with E-state index < -0.39 is 0 Å². The number of nitrogens with zero attached hydrogens (tertiary/aromatic N) is 4. The van der Waals surface area contributed by atoms with Crippen LogP contribution in [0, 0.1) is 5.41 Å². The van der Waals surface area contributed by atoms with Gasteiger partial charge >= 0.3 is 6.01 Å². The molecule has 2 heterocycles. The molecule has 0 atom stereocenters. The summed E-state index contributed by atoms with van der Waals surface area (Å²) in [7, 11) is 0. The fourth-order valence-corrected chi connectivity index (χ4v) is 4.29. The highest BCUT2D eigenvalue weighted by Gasteiger charge is 2.38. The number of carbonyl (C=O) groups excluding carboxylic acids is 1. The van der Waals surface area contributed by atoms with Gasteiger partial charge in [-0.1, -0.05) is 37.6 Å². The number of anilines is 3. The smallest absolute Gasteiger partial charge is 0.320 e. The normalized spacial score (nSPS) is 17.4. The zero-order chi connectivity index (χ0) is 23.3. The van der Waals surface area contributed by atoms with Crippen molar-refractivity contribution in [1.29, 1.82) is 0 Å². The van der Waals surface area contributed by atoms with Crippen LogP contribution in [0.25, 0.3) is 0 Å². The van der Waals surface area contributed by atoms with Gasteiger partial charge in [-0.2, -0.15) is 9.97 Å². The third-order valence-electron chi connectivity index (χ3n) is 6.65. The molecule has 1 aromatic heterocycles. The molecule has 1 aliphatic heterocycles. The molecule has 3 N–H and O–H groups in total. The average molecular weight is 453 g/mol. The maximum absolute atomic E-state index is 11.3. The van der Waals surface area contributed by atoms with E-state index in [2.05, 4.69) is 63.2 Å². The lowest BCUT2D eigenvalue weighted by Gasteiger charge is -2.27. The van der Waals surface area contributed by atoms with E-state index in [-0.39, 0.29) is 17.2 Å². The average Bonchev–Trinajstić information content (AvgIpc) is 3.56. The van der Waals surface area contributed by atoms with E-state index in [1.165, 1.54) is 43.5 Å². The Bertz CT molecular complexity index is 956. The van der Waals surface area contributed by atoms with Gasteiger partial charge in [-0.3, -0.25) is 9.69 Å². The second-order valence-electron chi connectivity index (χ2n) is 9.62. The minimum Gasteiger partial charge on any atom is -0.463 e. The minimum atomic E-state index is 0.206. The van der Waals surface area contributed by atoms with Gasteiger partial charge in [0.2, 0.25) is 6.41 Å². The van der Waals surface area contributed by atoms with Crippen molar-refractivity contribution in [2.45, 2.75) is 59.0 Å². The first-order valence-corrected chi connectivity index (χ1v) is 12.1. The molecule has 0 unspecified atom stereocenters. The number of nitrogens with one attached hydrogen (secondary N) is 1. The molecule has 8 heteroatoms. The summed E-state index contributed by atoms with van der Waals surface area (Å²) in [5.41, 5.74) is 9.32. The van der Waals surface area contributed by atoms with Gasteiger partial charge in [0.15, 0.2) is 11.6 Å². The summed E-state index contributed by atoms with van der Waals surface area (Å²) < 4.78 is 5.89. The molecule has 2 fully saturated rings. The van der Waals surface area contributed by atoms with Gasteiger partial charge in [0.1, 0.15) is 5.69 Å². The molecule has 4 rings (SSSR count). The van der Waals surface area contributed by atoms with E-state index >= 15 is 0 Å². The van der Waals surface area contributed by atoms with Crippen LogP contribution < -0.4 is 20.7 Å². The van der Waals surface area contributed by atoms with E-state index in [9.17, 15) is 4.79 Å². The molecule has 0 bridgehead atoms. The van der Waals surface area contributed by atoms with Crippen molar-refractivity contribution >= 4 is 23.7 Å².